The molecule has 2 rings (SSSR count). The van der Waals surface area contributed by atoms with Gasteiger partial charge in [-0.25, -0.2) is 4.79 Å². The maximum Gasteiger partial charge on any atom is 0.407 e. The van der Waals surface area contributed by atoms with E-state index in [1.807, 2.05) is 30.3 Å². The van der Waals surface area contributed by atoms with E-state index in [0.29, 0.717) is 5.56 Å². The van der Waals surface area contributed by atoms with Crippen molar-refractivity contribution in [3.8, 4) is 0 Å². The van der Waals surface area contributed by atoms with E-state index in [1.165, 1.54) is 25.1 Å². The largest absolute Gasteiger partial charge is 0.445 e. The fourth-order valence-electron chi connectivity index (χ4n) is 2.34. The van der Waals surface area contributed by atoms with Gasteiger partial charge in [0, 0.05) is 23.4 Å². The number of nitrogens with one attached hydrogen (secondary N) is 1. The van der Waals surface area contributed by atoms with Crippen LogP contribution >= 0.6 is 0 Å². The van der Waals surface area contributed by atoms with E-state index in [1.54, 1.807) is 0 Å². The van der Waals surface area contributed by atoms with Crippen molar-refractivity contribution < 1.29 is 24.5 Å². The monoisotopic (exact) mass is 358 g/mol. The second-order valence-corrected chi connectivity index (χ2v) is 5.85. The van der Waals surface area contributed by atoms with Crippen LogP contribution in [0.25, 0.3) is 0 Å². The van der Waals surface area contributed by atoms with Crippen molar-refractivity contribution in [3.05, 3.63) is 65.2 Å². The zero-order valence-corrected chi connectivity index (χ0v) is 14.4. The van der Waals surface area contributed by atoms with E-state index in [9.17, 15) is 19.8 Å². The molecule has 0 saturated heterocycles. The normalized spacial score (nSPS) is 12.9. The van der Waals surface area contributed by atoms with Crippen LogP contribution in [-0.4, -0.2) is 34.7 Å². The third kappa shape index (κ3) is 5.30. The van der Waals surface area contributed by atoms with Gasteiger partial charge in [0.15, 0.2) is 5.78 Å². The fraction of sp³-hybridized carbons (Fsp3) is 0.263. The van der Waals surface area contributed by atoms with Gasteiger partial charge in [-0.2, -0.15) is 0 Å². The summed E-state index contributed by atoms with van der Waals surface area (Å²) >= 11 is 0. The molecule has 1 amide bonds. The first-order chi connectivity index (χ1) is 12.4. The minimum atomic E-state index is -1.31. The molecule has 0 aromatic heterocycles. The molecule has 0 spiro atoms. The highest BCUT2D eigenvalue weighted by Gasteiger charge is 2.22. The smallest absolute Gasteiger partial charge is 0.407 e. The van der Waals surface area contributed by atoms with Gasteiger partial charge in [0.1, 0.15) is 18.8 Å². The van der Waals surface area contributed by atoms with E-state index in [4.69, 9.17) is 10.5 Å². The van der Waals surface area contributed by atoms with Gasteiger partial charge in [-0.15, -0.1) is 0 Å². The number of Topliss-reactive ketones (excluding diaryl/α,β-unsaturated/α-hetero) is 1. The summed E-state index contributed by atoms with van der Waals surface area (Å²) in [6.45, 7) is 1.29. The van der Waals surface area contributed by atoms with E-state index < -0.39 is 18.3 Å². The van der Waals surface area contributed by atoms with Crippen molar-refractivity contribution >= 4 is 17.6 Å². The molecule has 2 atom stereocenters. The Balaban J connectivity index is 1.85. The Morgan fingerprint density at radius 3 is 2.46 bits per heavy atom. The van der Waals surface area contributed by atoms with Gasteiger partial charge in [0.2, 0.25) is 0 Å². The highest BCUT2D eigenvalue weighted by Crippen LogP contribution is 2.24. The summed E-state index contributed by atoms with van der Waals surface area (Å²) in [5, 5.41) is 22.7. The van der Waals surface area contributed by atoms with Crippen molar-refractivity contribution in [2.24, 2.45) is 0 Å². The minimum Gasteiger partial charge on any atom is -0.445 e. The number of benzene rings is 2. The number of ketones is 1. The molecule has 7 nitrogen and oxygen atoms in total. The minimum absolute atomic E-state index is 0.102. The fourth-order valence-corrected chi connectivity index (χ4v) is 2.34. The van der Waals surface area contributed by atoms with Gasteiger partial charge in [0.25, 0.3) is 0 Å². The molecule has 0 aliphatic rings. The number of rotatable bonds is 7. The second-order valence-electron chi connectivity index (χ2n) is 5.85. The summed E-state index contributed by atoms with van der Waals surface area (Å²) in [6.07, 6.45) is -3.31. The summed E-state index contributed by atoms with van der Waals surface area (Å²) in [7, 11) is 0. The molecule has 138 valence electrons. The molecule has 0 bridgehead atoms. The first-order valence-electron chi connectivity index (χ1n) is 8.09. The molecule has 0 saturated carbocycles. The van der Waals surface area contributed by atoms with Crippen LogP contribution in [0, 0.1) is 0 Å². The number of amides is 1. The first kappa shape index (κ1) is 19.4. The average Bonchev–Trinajstić information content (AvgIpc) is 2.64. The third-order valence-electron chi connectivity index (χ3n) is 3.84. The maximum atomic E-state index is 11.7. The van der Waals surface area contributed by atoms with Crippen LogP contribution in [0.3, 0.4) is 0 Å². The van der Waals surface area contributed by atoms with Gasteiger partial charge in [-0.1, -0.05) is 42.5 Å². The van der Waals surface area contributed by atoms with Gasteiger partial charge in [-0.3, -0.25) is 4.79 Å². The Hall–Kier alpha value is -2.90. The van der Waals surface area contributed by atoms with E-state index in [0.717, 1.165) is 5.56 Å². The van der Waals surface area contributed by atoms with Gasteiger partial charge >= 0.3 is 6.09 Å². The number of hydrogen-bond donors (Lipinski definition) is 4. The Morgan fingerprint density at radius 2 is 1.85 bits per heavy atom. The number of aliphatic hydroxyl groups excluding tert-OH is 2. The van der Waals surface area contributed by atoms with Crippen molar-refractivity contribution in [2.45, 2.75) is 25.7 Å². The van der Waals surface area contributed by atoms with Crippen molar-refractivity contribution in [3.63, 3.8) is 0 Å². The lowest BCUT2D eigenvalue weighted by molar-refractivity contribution is 0.0188. The molecule has 0 radical (unpaired) electrons. The average molecular weight is 358 g/mol. The zero-order chi connectivity index (χ0) is 19.1. The summed E-state index contributed by atoms with van der Waals surface area (Å²) in [6, 6.07) is 13.6. The molecule has 2 aromatic rings. The molecular weight excluding hydrogens is 336 g/mol. The Kier molecular flexibility index (Phi) is 6.71. The van der Waals surface area contributed by atoms with Crippen LogP contribution in [0.1, 0.15) is 34.5 Å². The van der Waals surface area contributed by atoms with Gasteiger partial charge < -0.3 is 26.0 Å². The molecule has 5 N–H and O–H groups in total. The number of carbonyl (C=O) groups excluding carboxylic acids is 2. The molecule has 26 heavy (non-hydrogen) atoms. The number of nitrogen functional groups attached to an aromatic ring is 1. The quantitative estimate of drug-likeness (QED) is 0.442. The second kappa shape index (κ2) is 8.98. The van der Waals surface area contributed by atoms with Crippen molar-refractivity contribution in [1.82, 2.24) is 5.32 Å². The standard InChI is InChI=1S/C19H22N2O5/c1-12(22)14-7-8-15(16(20)9-14)18(24)17(23)10-21-19(25)26-11-13-5-3-2-4-6-13/h2-9,17-18,23-24H,10-11,20H2,1H3,(H,21,25). The molecule has 7 heteroatoms. The van der Waals surface area contributed by atoms with Crippen LogP contribution < -0.4 is 11.1 Å². The van der Waals surface area contributed by atoms with E-state index in [-0.39, 0.29) is 30.2 Å². The van der Waals surface area contributed by atoms with Crippen LogP contribution in [0.2, 0.25) is 0 Å². The Morgan fingerprint density at radius 1 is 1.15 bits per heavy atom. The molecule has 2 aromatic carbocycles. The first-order valence-corrected chi connectivity index (χ1v) is 8.09. The summed E-state index contributed by atoms with van der Waals surface area (Å²) in [5.41, 5.74) is 7.55. The SMILES string of the molecule is CC(=O)c1ccc(C(O)C(O)CNC(=O)OCc2ccccc2)c(N)c1. The summed E-state index contributed by atoms with van der Waals surface area (Å²) in [5.74, 6) is -0.152. The third-order valence-corrected chi connectivity index (χ3v) is 3.84. The highest BCUT2D eigenvalue weighted by molar-refractivity contribution is 5.95. The number of alkyl carbamates (subject to hydrolysis) is 1. The lowest BCUT2D eigenvalue weighted by Crippen LogP contribution is -2.36. The van der Waals surface area contributed by atoms with E-state index in [2.05, 4.69) is 5.32 Å². The van der Waals surface area contributed by atoms with Crippen LogP contribution in [0.4, 0.5) is 10.5 Å². The van der Waals surface area contributed by atoms with Crippen LogP contribution in [0.15, 0.2) is 48.5 Å². The topological polar surface area (TPSA) is 122 Å². The number of anilines is 1. The van der Waals surface area contributed by atoms with Gasteiger partial charge in [0.05, 0.1) is 0 Å². The summed E-state index contributed by atoms with van der Waals surface area (Å²) in [4.78, 5) is 23.0. The number of carbonyl (C=O) groups is 2. The van der Waals surface area contributed by atoms with Gasteiger partial charge in [-0.05, 0) is 18.6 Å². The van der Waals surface area contributed by atoms with Crippen molar-refractivity contribution in [2.75, 3.05) is 12.3 Å². The predicted octanol–water partition coefficient (Wildman–Crippen LogP) is 1.79. The zero-order valence-electron chi connectivity index (χ0n) is 14.4. The number of nitrogens with two attached hydrogens (primary N) is 1. The molecule has 2 unspecified atom stereocenters. The van der Waals surface area contributed by atoms with Crippen LogP contribution in [0.5, 0.6) is 0 Å². The number of hydrogen-bond acceptors (Lipinski definition) is 6. The molecule has 0 fully saturated rings. The number of ether oxygens (including phenoxy) is 1. The lowest BCUT2D eigenvalue weighted by Gasteiger charge is -2.20. The molecule has 0 aliphatic heterocycles. The van der Waals surface area contributed by atoms with Crippen LogP contribution in [-0.2, 0) is 11.3 Å². The Bertz CT molecular complexity index is 764. The lowest BCUT2D eigenvalue weighted by atomic mass is 9.99. The van der Waals surface area contributed by atoms with E-state index >= 15 is 0 Å². The molecule has 0 heterocycles. The predicted molar refractivity (Wildman–Crippen MR) is 96.5 cm³/mol. The number of aliphatic hydroxyl groups is 2. The molecular formula is C19H22N2O5. The molecule has 0 aliphatic carbocycles. The van der Waals surface area contributed by atoms with Crippen molar-refractivity contribution in [1.29, 1.82) is 0 Å². The Labute approximate surface area is 151 Å². The maximum absolute atomic E-state index is 11.7. The summed E-state index contributed by atoms with van der Waals surface area (Å²) < 4.78 is 5.02. The highest BCUT2D eigenvalue weighted by atomic mass is 16.5.